The van der Waals surface area contributed by atoms with Gasteiger partial charge in [-0.05, 0) is 31.2 Å². The van der Waals surface area contributed by atoms with Crippen molar-refractivity contribution in [2.45, 2.75) is 44.4 Å². The number of nitrogens with one attached hydrogen (secondary N) is 1. The minimum Gasteiger partial charge on any atom is -0.295 e. The van der Waals surface area contributed by atoms with Gasteiger partial charge in [0.2, 0.25) is 0 Å². The minimum absolute atomic E-state index is 0.0367. The summed E-state index contributed by atoms with van der Waals surface area (Å²) in [5.41, 5.74) is -0.907. The smallest absolute Gasteiger partial charge is 0.295 e. The van der Waals surface area contributed by atoms with Crippen molar-refractivity contribution in [2.75, 3.05) is 0 Å². The minimum atomic E-state index is -4.15. The van der Waals surface area contributed by atoms with Crippen molar-refractivity contribution in [1.29, 1.82) is 5.26 Å². The quantitative estimate of drug-likeness (QED) is 0.856. The highest BCUT2D eigenvalue weighted by Gasteiger charge is 2.29. The summed E-state index contributed by atoms with van der Waals surface area (Å²) in [5, 5.41) is 14.0. The Kier molecular flexibility index (Phi) is 5.17. The van der Waals surface area contributed by atoms with E-state index in [1.165, 1.54) is 0 Å². The van der Waals surface area contributed by atoms with Gasteiger partial charge in [-0.2, -0.15) is 18.4 Å². The Balaban J connectivity index is 2.40. The number of thiophene rings is 1. The monoisotopic (exact) mass is 276 g/mol. The molecule has 18 heavy (non-hydrogen) atoms. The molecule has 0 amide bonds. The van der Waals surface area contributed by atoms with Gasteiger partial charge in [0.25, 0.3) is 0 Å². The largest absolute Gasteiger partial charge is 0.389 e. The second-order valence-corrected chi connectivity index (χ2v) is 5.38. The number of hydrogen-bond donors (Lipinski definition) is 1. The molecule has 1 heterocycles. The number of hydrogen-bond acceptors (Lipinski definition) is 3. The number of nitriles is 1. The summed E-state index contributed by atoms with van der Waals surface area (Å²) in [4.78, 5) is 1.06. The van der Waals surface area contributed by atoms with Crippen molar-refractivity contribution in [1.82, 2.24) is 5.32 Å². The first-order valence-electron chi connectivity index (χ1n) is 5.60. The third-order valence-electron chi connectivity index (χ3n) is 2.62. The Hall–Kier alpha value is -1.06. The zero-order valence-electron chi connectivity index (χ0n) is 10.0. The molecule has 0 aromatic carbocycles. The summed E-state index contributed by atoms with van der Waals surface area (Å²) in [6.45, 7) is 2.14. The Morgan fingerprint density at radius 1 is 1.39 bits per heavy atom. The molecule has 0 saturated carbocycles. The molecule has 0 bridgehead atoms. The lowest BCUT2D eigenvalue weighted by Crippen LogP contribution is -2.40. The molecule has 6 heteroatoms. The van der Waals surface area contributed by atoms with Crippen molar-refractivity contribution in [3.63, 3.8) is 0 Å². The molecule has 0 aliphatic carbocycles. The van der Waals surface area contributed by atoms with E-state index in [1.807, 2.05) is 17.5 Å². The van der Waals surface area contributed by atoms with Crippen molar-refractivity contribution < 1.29 is 13.2 Å². The first kappa shape index (κ1) is 15.0. The topological polar surface area (TPSA) is 35.8 Å². The van der Waals surface area contributed by atoms with Gasteiger partial charge in [0.05, 0.1) is 6.07 Å². The maximum absolute atomic E-state index is 12.0. The van der Waals surface area contributed by atoms with Gasteiger partial charge in [0.1, 0.15) is 5.54 Å². The summed E-state index contributed by atoms with van der Waals surface area (Å²) >= 11 is 1.55. The van der Waals surface area contributed by atoms with Crippen LogP contribution in [-0.4, -0.2) is 11.7 Å². The van der Waals surface area contributed by atoms with Gasteiger partial charge in [0.15, 0.2) is 0 Å². The molecule has 1 rings (SSSR count). The highest BCUT2D eigenvalue weighted by Crippen LogP contribution is 2.25. The van der Waals surface area contributed by atoms with Gasteiger partial charge < -0.3 is 0 Å². The molecule has 100 valence electrons. The SMILES string of the molecule is CC(C#N)(CCCC(F)(F)F)NCc1cccs1. The average molecular weight is 276 g/mol. The molecule has 0 aliphatic heterocycles. The van der Waals surface area contributed by atoms with Crippen LogP contribution in [0, 0.1) is 11.3 Å². The molecule has 0 spiro atoms. The molecule has 1 unspecified atom stereocenters. The predicted octanol–water partition coefficient (Wildman–Crippen LogP) is 3.85. The fraction of sp³-hybridized carbons (Fsp3) is 0.583. The average Bonchev–Trinajstić information content (AvgIpc) is 2.77. The van der Waals surface area contributed by atoms with Crippen molar-refractivity contribution in [3.8, 4) is 6.07 Å². The molecule has 0 radical (unpaired) electrons. The predicted molar refractivity (Wildman–Crippen MR) is 65.1 cm³/mol. The number of nitrogens with zero attached hydrogens (tertiary/aromatic N) is 1. The zero-order valence-corrected chi connectivity index (χ0v) is 10.9. The maximum atomic E-state index is 12.0. The van der Waals surface area contributed by atoms with E-state index in [2.05, 4.69) is 11.4 Å². The number of alkyl halides is 3. The van der Waals surface area contributed by atoms with E-state index in [0.29, 0.717) is 6.54 Å². The number of halogens is 3. The molecule has 2 nitrogen and oxygen atoms in total. The van der Waals surface area contributed by atoms with Crippen molar-refractivity contribution in [2.24, 2.45) is 0 Å². The molecule has 1 aromatic heterocycles. The fourth-order valence-electron chi connectivity index (χ4n) is 1.52. The van der Waals surface area contributed by atoms with E-state index >= 15 is 0 Å². The summed E-state index contributed by atoms with van der Waals surface area (Å²) in [5.74, 6) is 0. The van der Waals surface area contributed by atoms with Gasteiger partial charge in [-0.3, -0.25) is 5.32 Å². The van der Waals surface area contributed by atoms with Crippen LogP contribution in [0.3, 0.4) is 0 Å². The second kappa shape index (κ2) is 6.21. The first-order chi connectivity index (χ1) is 8.35. The lowest BCUT2D eigenvalue weighted by Gasteiger charge is -2.23. The van der Waals surface area contributed by atoms with Gasteiger partial charge in [-0.15, -0.1) is 11.3 Å². The Morgan fingerprint density at radius 2 is 2.11 bits per heavy atom. The Morgan fingerprint density at radius 3 is 2.61 bits per heavy atom. The van der Waals surface area contributed by atoms with Crippen LogP contribution in [0.4, 0.5) is 13.2 Å². The van der Waals surface area contributed by atoms with E-state index < -0.39 is 18.1 Å². The van der Waals surface area contributed by atoms with Crippen LogP contribution in [0.25, 0.3) is 0 Å². The summed E-state index contributed by atoms with van der Waals surface area (Å²) in [6, 6.07) is 5.87. The number of rotatable bonds is 6. The molecule has 0 saturated heterocycles. The third-order valence-corrected chi connectivity index (χ3v) is 3.49. The highest BCUT2D eigenvalue weighted by atomic mass is 32.1. The van der Waals surface area contributed by atoms with Gasteiger partial charge in [-0.25, -0.2) is 0 Å². The lowest BCUT2D eigenvalue weighted by atomic mass is 9.96. The van der Waals surface area contributed by atoms with Crippen LogP contribution in [-0.2, 0) is 6.54 Å². The molecular weight excluding hydrogens is 261 g/mol. The van der Waals surface area contributed by atoms with Gasteiger partial charge in [0, 0.05) is 17.8 Å². The highest BCUT2D eigenvalue weighted by molar-refractivity contribution is 7.09. The van der Waals surface area contributed by atoms with Crippen LogP contribution >= 0.6 is 11.3 Å². The standard InChI is InChI=1S/C12H15F3N2S/c1-11(9-16,5-3-6-12(13,14)15)17-8-10-4-2-7-18-10/h2,4,7,17H,3,5-6,8H2,1H3. The van der Waals surface area contributed by atoms with E-state index in [1.54, 1.807) is 18.3 Å². The van der Waals surface area contributed by atoms with Crippen molar-refractivity contribution in [3.05, 3.63) is 22.4 Å². The summed E-state index contributed by atoms with van der Waals surface area (Å²) < 4.78 is 36.1. The van der Waals surface area contributed by atoms with Crippen molar-refractivity contribution >= 4 is 11.3 Å². The molecular formula is C12H15F3N2S. The Labute approximate surface area is 108 Å². The summed E-state index contributed by atoms with van der Waals surface area (Å²) in [6.07, 6.45) is -4.84. The third kappa shape index (κ3) is 5.52. The van der Waals surface area contributed by atoms with E-state index in [9.17, 15) is 13.2 Å². The van der Waals surface area contributed by atoms with E-state index in [4.69, 9.17) is 5.26 Å². The second-order valence-electron chi connectivity index (χ2n) is 4.35. The normalized spacial score (nSPS) is 15.1. The van der Waals surface area contributed by atoms with Gasteiger partial charge in [-0.1, -0.05) is 6.07 Å². The molecule has 1 N–H and O–H groups in total. The zero-order chi connectivity index (χ0) is 13.6. The molecule has 1 atom stereocenters. The van der Waals surface area contributed by atoms with E-state index in [-0.39, 0.29) is 12.8 Å². The van der Waals surface area contributed by atoms with Gasteiger partial charge >= 0.3 is 6.18 Å². The molecule has 0 aliphatic rings. The fourth-order valence-corrected chi connectivity index (χ4v) is 2.17. The van der Waals surface area contributed by atoms with Crippen LogP contribution < -0.4 is 5.32 Å². The van der Waals surface area contributed by atoms with Crippen LogP contribution in [0.5, 0.6) is 0 Å². The van der Waals surface area contributed by atoms with Crippen LogP contribution in [0.15, 0.2) is 17.5 Å². The lowest BCUT2D eigenvalue weighted by molar-refractivity contribution is -0.136. The maximum Gasteiger partial charge on any atom is 0.389 e. The Bertz CT molecular complexity index is 394. The van der Waals surface area contributed by atoms with Crippen LogP contribution in [0.2, 0.25) is 0 Å². The first-order valence-corrected chi connectivity index (χ1v) is 6.48. The van der Waals surface area contributed by atoms with Crippen LogP contribution in [0.1, 0.15) is 31.1 Å². The van der Waals surface area contributed by atoms with E-state index in [0.717, 1.165) is 4.88 Å². The molecule has 0 fully saturated rings. The molecule has 1 aromatic rings. The summed E-state index contributed by atoms with van der Waals surface area (Å²) in [7, 11) is 0.